The van der Waals surface area contributed by atoms with Crippen LogP contribution in [0.2, 0.25) is 4.34 Å². The van der Waals surface area contributed by atoms with Gasteiger partial charge in [0.2, 0.25) is 5.91 Å². The van der Waals surface area contributed by atoms with Crippen LogP contribution in [0.5, 0.6) is 5.75 Å². The highest BCUT2D eigenvalue weighted by Gasteiger charge is 2.34. The first-order chi connectivity index (χ1) is 16.3. The SMILES string of the molecule is COc1cccc2cc(-c3nnc(NC(=O)C4CCCN(S(=O)(=O)c5ccc(Cl)s5)C4)o3)oc12. The molecule has 1 aliphatic rings. The quantitative estimate of drug-likeness (QED) is 0.398. The number of para-hydroxylation sites is 1. The third kappa shape index (κ3) is 4.29. The average molecular weight is 523 g/mol. The van der Waals surface area contributed by atoms with E-state index in [0.29, 0.717) is 40.8 Å². The highest BCUT2D eigenvalue weighted by Crippen LogP contribution is 2.34. The lowest BCUT2D eigenvalue weighted by Gasteiger charge is -2.30. The number of sulfonamides is 1. The molecule has 0 radical (unpaired) electrons. The molecule has 1 N–H and O–H groups in total. The van der Waals surface area contributed by atoms with E-state index in [1.165, 1.54) is 10.4 Å². The predicted octanol–water partition coefficient (Wildman–Crippen LogP) is 4.25. The van der Waals surface area contributed by atoms with Crippen molar-refractivity contribution in [1.82, 2.24) is 14.5 Å². The molecule has 5 rings (SSSR count). The number of carbonyl (C=O) groups excluding carboxylic acids is 1. The molecule has 0 bridgehead atoms. The number of carbonyl (C=O) groups is 1. The lowest BCUT2D eigenvalue weighted by atomic mass is 9.99. The number of hydrogen-bond acceptors (Lipinski definition) is 9. The summed E-state index contributed by atoms with van der Waals surface area (Å²) < 4.78 is 44.3. The van der Waals surface area contributed by atoms with Gasteiger partial charge in [-0.2, -0.15) is 4.31 Å². The smallest absolute Gasteiger partial charge is 0.322 e. The Labute approximate surface area is 203 Å². The third-order valence-electron chi connectivity index (χ3n) is 5.49. The molecular formula is C21H19ClN4O6S2. The summed E-state index contributed by atoms with van der Waals surface area (Å²) in [6.07, 6.45) is 1.08. The van der Waals surface area contributed by atoms with E-state index in [4.69, 9.17) is 25.2 Å². The van der Waals surface area contributed by atoms with E-state index < -0.39 is 21.8 Å². The Kier molecular flexibility index (Phi) is 6.06. The number of halogens is 1. The van der Waals surface area contributed by atoms with Gasteiger partial charge in [0.25, 0.3) is 15.9 Å². The molecule has 13 heteroatoms. The zero-order chi connectivity index (χ0) is 23.9. The van der Waals surface area contributed by atoms with Gasteiger partial charge in [-0.15, -0.1) is 16.4 Å². The van der Waals surface area contributed by atoms with Gasteiger partial charge in [0, 0.05) is 18.5 Å². The van der Waals surface area contributed by atoms with Crippen molar-refractivity contribution in [1.29, 1.82) is 0 Å². The van der Waals surface area contributed by atoms with Crippen molar-refractivity contribution in [3.8, 4) is 17.4 Å². The van der Waals surface area contributed by atoms with Gasteiger partial charge < -0.3 is 13.6 Å². The van der Waals surface area contributed by atoms with Crippen molar-refractivity contribution in [3.63, 3.8) is 0 Å². The van der Waals surface area contributed by atoms with Gasteiger partial charge >= 0.3 is 6.01 Å². The number of ether oxygens (including phenoxy) is 1. The molecule has 1 amide bonds. The van der Waals surface area contributed by atoms with Crippen molar-refractivity contribution >= 4 is 55.9 Å². The Morgan fingerprint density at radius 1 is 1.26 bits per heavy atom. The Morgan fingerprint density at radius 2 is 2.12 bits per heavy atom. The van der Waals surface area contributed by atoms with Crippen molar-refractivity contribution < 1.29 is 26.8 Å². The number of furan rings is 1. The average Bonchev–Trinajstić information content (AvgIpc) is 3.58. The first kappa shape index (κ1) is 22.8. The number of hydrogen-bond donors (Lipinski definition) is 1. The molecule has 0 saturated carbocycles. The maximum atomic E-state index is 12.9. The molecule has 1 atom stereocenters. The maximum absolute atomic E-state index is 12.9. The number of piperidine rings is 1. The monoisotopic (exact) mass is 522 g/mol. The van der Waals surface area contributed by atoms with Crippen LogP contribution in [0.15, 0.2) is 49.4 Å². The summed E-state index contributed by atoms with van der Waals surface area (Å²) in [5.41, 5.74) is 0.541. The number of rotatable bonds is 6. The molecule has 0 aliphatic carbocycles. The summed E-state index contributed by atoms with van der Waals surface area (Å²) >= 11 is 6.88. The van der Waals surface area contributed by atoms with Crippen LogP contribution in [0.1, 0.15) is 12.8 Å². The van der Waals surface area contributed by atoms with Crippen LogP contribution in [0.3, 0.4) is 0 Å². The second kappa shape index (κ2) is 9.02. The summed E-state index contributed by atoms with van der Waals surface area (Å²) in [6, 6.07) is 10.1. The van der Waals surface area contributed by atoms with Crippen LogP contribution in [0.25, 0.3) is 22.6 Å². The fourth-order valence-electron chi connectivity index (χ4n) is 3.82. The minimum Gasteiger partial charge on any atom is -0.493 e. The van der Waals surface area contributed by atoms with Gasteiger partial charge in [-0.3, -0.25) is 10.1 Å². The number of amides is 1. The number of nitrogens with one attached hydrogen (secondary N) is 1. The summed E-state index contributed by atoms with van der Waals surface area (Å²) in [4.78, 5) is 12.8. The van der Waals surface area contributed by atoms with Crippen LogP contribution in [-0.2, 0) is 14.8 Å². The van der Waals surface area contributed by atoms with Crippen LogP contribution in [0, 0.1) is 5.92 Å². The third-order valence-corrected chi connectivity index (χ3v) is 9.06. The van der Waals surface area contributed by atoms with E-state index >= 15 is 0 Å². The Hall–Kier alpha value is -2.93. The fraction of sp³-hybridized carbons (Fsp3) is 0.286. The molecule has 1 aliphatic heterocycles. The topological polar surface area (TPSA) is 128 Å². The van der Waals surface area contributed by atoms with Gasteiger partial charge in [-0.1, -0.05) is 28.8 Å². The van der Waals surface area contributed by atoms with E-state index in [1.54, 1.807) is 25.3 Å². The lowest BCUT2D eigenvalue weighted by Crippen LogP contribution is -2.43. The molecule has 4 heterocycles. The maximum Gasteiger partial charge on any atom is 0.322 e. The summed E-state index contributed by atoms with van der Waals surface area (Å²) in [6.45, 7) is 0.385. The molecule has 1 saturated heterocycles. The van der Waals surface area contributed by atoms with Crippen LogP contribution < -0.4 is 10.1 Å². The zero-order valence-corrected chi connectivity index (χ0v) is 20.2. The number of aromatic nitrogens is 2. The van der Waals surface area contributed by atoms with E-state index in [9.17, 15) is 13.2 Å². The van der Waals surface area contributed by atoms with Gasteiger partial charge in [-0.25, -0.2) is 8.42 Å². The standard InChI is InChI=1S/C21H19ClN4O6S2/c1-30-14-6-2-4-12-10-15(31-18(12)14)20-24-25-21(32-20)23-19(27)13-5-3-9-26(11-13)34(28,29)17-8-7-16(22)33-17/h2,4,6-8,10,13H,3,5,9,11H2,1H3,(H,23,25,27). The van der Waals surface area contributed by atoms with E-state index in [1.807, 2.05) is 12.1 Å². The number of benzene rings is 1. The van der Waals surface area contributed by atoms with Gasteiger partial charge in [0.05, 0.1) is 17.4 Å². The molecule has 0 spiro atoms. The van der Waals surface area contributed by atoms with Crippen LogP contribution in [0.4, 0.5) is 6.01 Å². The zero-order valence-electron chi connectivity index (χ0n) is 17.9. The summed E-state index contributed by atoms with van der Waals surface area (Å²) in [7, 11) is -2.17. The molecule has 34 heavy (non-hydrogen) atoms. The van der Waals surface area contributed by atoms with Crippen molar-refractivity contribution in [2.75, 3.05) is 25.5 Å². The fourth-order valence-corrected chi connectivity index (χ4v) is 6.98. The van der Waals surface area contributed by atoms with Gasteiger partial charge in [-0.05, 0) is 37.1 Å². The Bertz CT molecular complexity index is 1460. The van der Waals surface area contributed by atoms with E-state index in [0.717, 1.165) is 16.7 Å². The van der Waals surface area contributed by atoms with Crippen molar-refractivity contribution in [2.24, 2.45) is 5.92 Å². The lowest BCUT2D eigenvalue weighted by molar-refractivity contribution is -0.121. The molecule has 3 aromatic heterocycles. The number of nitrogens with zero attached hydrogens (tertiary/aromatic N) is 3. The molecule has 1 aromatic carbocycles. The summed E-state index contributed by atoms with van der Waals surface area (Å²) in [5, 5.41) is 11.2. The van der Waals surface area contributed by atoms with Crippen LogP contribution >= 0.6 is 22.9 Å². The predicted molar refractivity (Wildman–Crippen MR) is 125 cm³/mol. The molecular weight excluding hydrogens is 504 g/mol. The minimum absolute atomic E-state index is 0.0497. The Balaban J connectivity index is 1.29. The molecule has 4 aromatic rings. The molecule has 1 fully saturated rings. The number of thiophene rings is 1. The van der Waals surface area contributed by atoms with Crippen molar-refractivity contribution in [2.45, 2.75) is 17.1 Å². The highest BCUT2D eigenvalue weighted by atomic mass is 35.5. The number of fused-ring (bicyclic) bond motifs is 1. The first-order valence-electron chi connectivity index (χ1n) is 10.3. The molecule has 1 unspecified atom stereocenters. The minimum atomic E-state index is -3.72. The van der Waals surface area contributed by atoms with Gasteiger partial charge in [0.1, 0.15) is 4.21 Å². The molecule has 10 nitrogen and oxygen atoms in total. The second-order valence-electron chi connectivity index (χ2n) is 7.65. The Morgan fingerprint density at radius 3 is 2.88 bits per heavy atom. The van der Waals surface area contributed by atoms with E-state index in [-0.39, 0.29) is 22.7 Å². The van der Waals surface area contributed by atoms with Crippen molar-refractivity contribution in [3.05, 3.63) is 40.7 Å². The number of anilines is 1. The normalized spacial score (nSPS) is 17.2. The summed E-state index contributed by atoms with van der Waals surface area (Å²) in [5.74, 6) is 0.0294. The first-order valence-corrected chi connectivity index (χ1v) is 13.0. The second-order valence-corrected chi connectivity index (χ2v) is 11.5. The van der Waals surface area contributed by atoms with Gasteiger partial charge in [0.15, 0.2) is 17.1 Å². The molecule has 178 valence electrons. The largest absolute Gasteiger partial charge is 0.493 e. The van der Waals surface area contributed by atoms with Crippen LogP contribution in [-0.4, -0.2) is 49.0 Å². The number of methoxy groups -OCH3 is 1. The van der Waals surface area contributed by atoms with E-state index in [2.05, 4.69) is 15.5 Å². The highest BCUT2D eigenvalue weighted by molar-refractivity contribution is 7.91.